The number of nitrogens with zero attached hydrogens (tertiary/aromatic N) is 1. The zero-order valence-corrected chi connectivity index (χ0v) is 15.5. The molecule has 1 saturated heterocycles. The van der Waals surface area contributed by atoms with Gasteiger partial charge in [0.05, 0.1) is 0 Å². The minimum Gasteiger partial charge on any atom is -0.314 e. The molecule has 0 aromatic carbocycles. The Balaban J connectivity index is 1.72. The molecule has 0 aromatic rings. The van der Waals surface area contributed by atoms with Crippen molar-refractivity contribution in [1.29, 1.82) is 0 Å². The Morgan fingerprint density at radius 2 is 2.00 bits per heavy atom. The van der Waals surface area contributed by atoms with Crippen LogP contribution in [0.2, 0.25) is 0 Å². The van der Waals surface area contributed by atoms with Gasteiger partial charge in [0, 0.05) is 23.5 Å². The number of fused-ring (bicyclic) bond motifs is 1. The highest BCUT2D eigenvalue weighted by molar-refractivity contribution is 6.20. The van der Waals surface area contributed by atoms with E-state index in [0.717, 1.165) is 18.9 Å². The van der Waals surface area contributed by atoms with Crippen molar-refractivity contribution < 1.29 is 0 Å². The Bertz CT molecular complexity index is 309. The molecular formula is C18H36ClN3. The third-order valence-electron chi connectivity index (χ3n) is 5.72. The summed E-state index contributed by atoms with van der Waals surface area (Å²) in [5.41, 5.74) is 0. The second-order valence-electron chi connectivity index (χ2n) is 7.27. The van der Waals surface area contributed by atoms with E-state index >= 15 is 0 Å². The van der Waals surface area contributed by atoms with Gasteiger partial charge >= 0.3 is 0 Å². The average Bonchev–Trinajstić information content (AvgIpc) is 2.51. The molecule has 0 aromatic heterocycles. The number of halogens is 1. The van der Waals surface area contributed by atoms with Crippen LogP contribution in [0.15, 0.2) is 0 Å². The Hall–Kier alpha value is 0.170. The molecule has 4 unspecified atom stereocenters. The Kier molecular flexibility index (Phi) is 7.96. The van der Waals surface area contributed by atoms with Crippen molar-refractivity contribution in [1.82, 2.24) is 15.5 Å². The van der Waals surface area contributed by atoms with Crippen molar-refractivity contribution >= 4 is 11.6 Å². The van der Waals surface area contributed by atoms with Crippen LogP contribution in [0.1, 0.15) is 59.3 Å². The van der Waals surface area contributed by atoms with Gasteiger partial charge in [-0.2, -0.15) is 0 Å². The normalized spacial score (nSPS) is 33.7. The topological polar surface area (TPSA) is 27.3 Å². The van der Waals surface area contributed by atoms with Gasteiger partial charge in [0.2, 0.25) is 0 Å². The molecule has 1 aliphatic carbocycles. The van der Waals surface area contributed by atoms with Crippen molar-refractivity contribution in [2.75, 3.05) is 26.2 Å². The summed E-state index contributed by atoms with van der Waals surface area (Å²) < 4.78 is 0. The van der Waals surface area contributed by atoms with Crippen LogP contribution < -0.4 is 10.6 Å². The van der Waals surface area contributed by atoms with E-state index in [9.17, 15) is 0 Å². The fourth-order valence-electron chi connectivity index (χ4n) is 4.31. The van der Waals surface area contributed by atoms with E-state index in [1.807, 2.05) is 0 Å². The first-order chi connectivity index (χ1) is 10.6. The van der Waals surface area contributed by atoms with E-state index in [2.05, 4.69) is 36.3 Å². The van der Waals surface area contributed by atoms with Gasteiger partial charge in [0.1, 0.15) is 0 Å². The summed E-state index contributed by atoms with van der Waals surface area (Å²) in [5, 5.41) is 8.03. The van der Waals surface area contributed by atoms with Crippen LogP contribution in [0, 0.1) is 5.92 Å². The third-order valence-corrected chi connectivity index (χ3v) is 6.12. The maximum atomic E-state index is 6.35. The molecule has 2 fully saturated rings. The largest absolute Gasteiger partial charge is 0.314 e. The van der Waals surface area contributed by atoms with E-state index in [-0.39, 0.29) is 0 Å². The lowest BCUT2D eigenvalue weighted by Gasteiger charge is -2.44. The lowest BCUT2D eigenvalue weighted by molar-refractivity contribution is 0.153. The first-order valence-electron chi connectivity index (χ1n) is 9.49. The van der Waals surface area contributed by atoms with Gasteiger partial charge in [-0.05, 0) is 77.5 Å². The average molecular weight is 330 g/mol. The molecule has 1 heterocycles. The molecule has 130 valence electrons. The Labute approximate surface area is 142 Å². The minimum absolute atomic E-state index is 0.388. The molecular weight excluding hydrogens is 294 g/mol. The summed E-state index contributed by atoms with van der Waals surface area (Å²) in [7, 11) is 0. The molecule has 2 aliphatic rings. The van der Waals surface area contributed by atoms with Crippen molar-refractivity contribution in [3.05, 3.63) is 0 Å². The molecule has 2 rings (SSSR count). The Morgan fingerprint density at radius 1 is 1.23 bits per heavy atom. The molecule has 1 aliphatic heterocycles. The predicted octanol–water partition coefficient (Wildman–Crippen LogP) is 3.22. The van der Waals surface area contributed by atoms with Crippen molar-refractivity contribution in [2.45, 2.75) is 82.8 Å². The van der Waals surface area contributed by atoms with Gasteiger partial charge < -0.3 is 15.5 Å². The number of hydrogen-bond acceptors (Lipinski definition) is 3. The second kappa shape index (κ2) is 9.46. The van der Waals surface area contributed by atoms with E-state index in [1.54, 1.807) is 0 Å². The third kappa shape index (κ3) is 5.36. The van der Waals surface area contributed by atoms with Crippen LogP contribution in [0.4, 0.5) is 0 Å². The molecule has 22 heavy (non-hydrogen) atoms. The standard InChI is InChI=1S/C18H36ClN3/c1-4-22(5-2)12-6-7-14(3)21-17-10-11-20-18-13-15(19)8-9-16(17)18/h14-18,20-21H,4-13H2,1-3H3/t14-,15?,16?,17?,18?/m0/s1. The number of piperidine rings is 1. The van der Waals surface area contributed by atoms with Gasteiger partial charge in [0.15, 0.2) is 0 Å². The van der Waals surface area contributed by atoms with Gasteiger partial charge in [-0.3, -0.25) is 0 Å². The molecule has 0 bridgehead atoms. The quantitative estimate of drug-likeness (QED) is 0.669. The predicted molar refractivity (Wildman–Crippen MR) is 96.8 cm³/mol. The van der Waals surface area contributed by atoms with Crippen LogP contribution in [-0.2, 0) is 0 Å². The van der Waals surface area contributed by atoms with E-state index in [0.29, 0.717) is 23.5 Å². The van der Waals surface area contributed by atoms with Crippen LogP contribution in [0.3, 0.4) is 0 Å². The second-order valence-corrected chi connectivity index (χ2v) is 7.88. The van der Waals surface area contributed by atoms with Crippen LogP contribution >= 0.6 is 11.6 Å². The van der Waals surface area contributed by atoms with Crippen LogP contribution in [0.25, 0.3) is 0 Å². The first-order valence-corrected chi connectivity index (χ1v) is 9.93. The van der Waals surface area contributed by atoms with Gasteiger partial charge in [0.25, 0.3) is 0 Å². The molecule has 0 spiro atoms. The highest BCUT2D eigenvalue weighted by atomic mass is 35.5. The number of alkyl halides is 1. The zero-order valence-electron chi connectivity index (χ0n) is 14.8. The highest BCUT2D eigenvalue weighted by Gasteiger charge is 2.37. The summed E-state index contributed by atoms with van der Waals surface area (Å²) in [6.07, 6.45) is 7.50. The van der Waals surface area contributed by atoms with Gasteiger partial charge in [-0.25, -0.2) is 0 Å². The minimum atomic E-state index is 0.388. The molecule has 0 amide bonds. The van der Waals surface area contributed by atoms with Crippen LogP contribution in [0.5, 0.6) is 0 Å². The maximum Gasteiger partial charge on any atom is 0.0351 e. The van der Waals surface area contributed by atoms with Crippen molar-refractivity contribution in [3.8, 4) is 0 Å². The zero-order chi connectivity index (χ0) is 15.9. The molecule has 2 N–H and O–H groups in total. The van der Waals surface area contributed by atoms with E-state index in [1.165, 1.54) is 51.7 Å². The number of nitrogens with one attached hydrogen (secondary N) is 2. The Morgan fingerprint density at radius 3 is 2.73 bits per heavy atom. The lowest BCUT2D eigenvalue weighted by Crippen LogP contribution is -2.57. The summed E-state index contributed by atoms with van der Waals surface area (Å²) in [4.78, 5) is 2.52. The van der Waals surface area contributed by atoms with Gasteiger partial charge in [-0.1, -0.05) is 13.8 Å². The smallest absolute Gasteiger partial charge is 0.0351 e. The number of rotatable bonds is 8. The molecule has 1 saturated carbocycles. The highest BCUT2D eigenvalue weighted by Crippen LogP contribution is 2.33. The number of hydrogen-bond donors (Lipinski definition) is 2. The van der Waals surface area contributed by atoms with E-state index < -0.39 is 0 Å². The van der Waals surface area contributed by atoms with Gasteiger partial charge in [-0.15, -0.1) is 11.6 Å². The molecule has 3 nitrogen and oxygen atoms in total. The molecule has 5 atom stereocenters. The maximum absolute atomic E-state index is 6.35. The molecule has 0 radical (unpaired) electrons. The first kappa shape index (κ1) is 18.5. The summed E-state index contributed by atoms with van der Waals surface area (Å²) in [5.74, 6) is 0.786. The summed E-state index contributed by atoms with van der Waals surface area (Å²) >= 11 is 6.35. The fourth-order valence-corrected chi connectivity index (χ4v) is 4.63. The lowest BCUT2D eigenvalue weighted by atomic mass is 9.76. The van der Waals surface area contributed by atoms with Crippen molar-refractivity contribution in [2.24, 2.45) is 5.92 Å². The summed E-state index contributed by atoms with van der Waals surface area (Å²) in [6.45, 7) is 11.6. The monoisotopic (exact) mass is 329 g/mol. The van der Waals surface area contributed by atoms with Crippen LogP contribution in [-0.4, -0.2) is 54.6 Å². The molecule has 4 heteroatoms. The van der Waals surface area contributed by atoms with E-state index in [4.69, 9.17) is 11.6 Å². The SMILES string of the molecule is CCN(CC)CCC[C@H](C)NC1CCNC2CC(Cl)CCC21. The van der Waals surface area contributed by atoms with Crippen molar-refractivity contribution in [3.63, 3.8) is 0 Å². The summed E-state index contributed by atoms with van der Waals surface area (Å²) in [6, 6.07) is 1.97. The fraction of sp³-hybridized carbons (Fsp3) is 1.00.